The Morgan fingerprint density at radius 3 is 1.81 bits per heavy atom. The van der Waals surface area contributed by atoms with Crippen LogP contribution in [0.25, 0.3) is 0 Å². The molecule has 5 aliphatic carbocycles. The Labute approximate surface area is 500 Å². The molecule has 9 rings (SSSR count). The lowest BCUT2D eigenvalue weighted by atomic mass is 9.32. The Bertz CT molecular complexity index is 2440. The molecule has 0 aromatic rings. The number of carboxylic acid groups (broad SMARTS) is 1. The van der Waals surface area contributed by atoms with Crippen molar-refractivity contribution in [2.75, 3.05) is 19.8 Å². The van der Waals surface area contributed by atoms with Crippen LogP contribution < -0.4 is 0 Å². The van der Waals surface area contributed by atoms with Crippen LogP contribution in [-0.4, -0.2) is 256 Å². The summed E-state index contributed by atoms with van der Waals surface area (Å²) in [6.45, 7) is 15.5. The maximum atomic E-state index is 13.4. The van der Waals surface area contributed by atoms with Crippen molar-refractivity contribution in [1.29, 1.82) is 0 Å². The van der Waals surface area contributed by atoms with Gasteiger partial charge in [0.1, 0.15) is 91.6 Å². The van der Waals surface area contributed by atoms with Crippen LogP contribution in [-0.2, 0) is 52.2 Å². The molecule has 4 heterocycles. The lowest BCUT2D eigenvalue weighted by molar-refractivity contribution is -0.406. The molecule has 0 bridgehead atoms. The van der Waals surface area contributed by atoms with Gasteiger partial charge in [0, 0.05) is 11.5 Å². The van der Waals surface area contributed by atoms with Crippen molar-refractivity contribution in [1.82, 2.24) is 0 Å². The van der Waals surface area contributed by atoms with Gasteiger partial charge in [-0.2, -0.15) is 0 Å². The maximum absolute atomic E-state index is 13.4. The third kappa shape index (κ3) is 11.2. The van der Waals surface area contributed by atoms with E-state index in [1.165, 1.54) is 13.0 Å². The highest BCUT2D eigenvalue weighted by Gasteiger charge is 2.75. The van der Waals surface area contributed by atoms with Gasteiger partial charge in [0.25, 0.3) is 0 Å². The number of carbonyl (C=O) groups excluding carboxylic acids is 1. The zero-order valence-electron chi connectivity index (χ0n) is 50.5. The second kappa shape index (κ2) is 25.2. The van der Waals surface area contributed by atoms with E-state index >= 15 is 0 Å². The zero-order chi connectivity index (χ0) is 63.3. The number of allylic oxidation sites excluding steroid dienone is 2. The molecule has 26 heteroatoms. The summed E-state index contributed by atoms with van der Waals surface area (Å²) in [5.41, 5.74) is -3.95. The monoisotopic (exact) mass is 1230 g/mol. The Balaban J connectivity index is 1.05. The first-order chi connectivity index (χ1) is 40.2. The summed E-state index contributed by atoms with van der Waals surface area (Å²) < 4.78 is 55.3. The highest BCUT2D eigenvalue weighted by atomic mass is 16.8. The van der Waals surface area contributed by atoms with Crippen LogP contribution in [0.2, 0.25) is 0 Å². The molecular formula is C60H96O26. The molecule has 0 amide bonds. The first-order valence-corrected chi connectivity index (χ1v) is 30.6. The molecule has 86 heavy (non-hydrogen) atoms. The molecule has 15 N–H and O–H groups in total. The summed E-state index contributed by atoms with van der Waals surface area (Å²) >= 11 is 0. The number of rotatable bonds is 16. The first kappa shape index (κ1) is 67.9. The average Bonchev–Trinajstić information content (AvgIpc) is 0.674. The molecular weight excluding hydrogens is 1140 g/mol. The van der Waals surface area contributed by atoms with Crippen LogP contribution in [0.3, 0.4) is 0 Å². The van der Waals surface area contributed by atoms with Gasteiger partial charge in [0.05, 0.1) is 49.7 Å². The molecule has 4 aliphatic heterocycles. The van der Waals surface area contributed by atoms with Crippen LogP contribution in [0.15, 0.2) is 23.8 Å². The fourth-order valence-corrected chi connectivity index (χ4v) is 17.5. The quantitative estimate of drug-likeness (QED) is 0.0357. The lowest BCUT2D eigenvalue weighted by Gasteiger charge is -2.73. The summed E-state index contributed by atoms with van der Waals surface area (Å²) in [4.78, 5) is 26.6. The molecule has 8 fully saturated rings. The van der Waals surface area contributed by atoms with Crippen LogP contribution in [0.4, 0.5) is 0 Å². The van der Waals surface area contributed by atoms with Crippen molar-refractivity contribution < 1.29 is 129 Å². The van der Waals surface area contributed by atoms with Gasteiger partial charge in [-0.25, -0.2) is 9.59 Å². The zero-order valence-corrected chi connectivity index (χ0v) is 50.5. The Morgan fingerprint density at radius 2 is 1.20 bits per heavy atom. The highest BCUT2D eigenvalue weighted by Crippen LogP contribution is 2.76. The van der Waals surface area contributed by atoms with Gasteiger partial charge in [0.2, 0.25) is 0 Å². The highest BCUT2D eigenvalue weighted by molar-refractivity contribution is 5.82. The number of aliphatic hydroxyl groups excluding tert-OH is 14. The number of unbranched alkanes of at least 4 members (excludes halogenated alkanes) is 1. The van der Waals surface area contributed by atoms with Crippen LogP contribution in [0.1, 0.15) is 120 Å². The van der Waals surface area contributed by atoms with Crippen molar-refractivity contribution in [3.05, 3.63) is 23.8 Å². The van der Waals surface area contributed by atoms with Gasteiger partial charge >= 0.3 is 11.9 Å². The molecule has 9 aliphatic rings. The average molecular weight is 1230 g/mol. The normalized spacial score (nSPS) is 51.8. The third-order valence-corrected chi connectivity index (χ3v) is 22.6. The molecule has 31 atom stereocenters. The number of aliphatic hydroxyl groups is 14. The number of aliphatic carboxylic acids is 1. The van der Waals surface area contributed by atoms with Gasteiger partial charge in [-0.3, -0.25) is 0 Å². The van der Waals surface area contributed by atoms with Crippen LogP contribution in [0.5, 0.6) is 0 Å². The Hall–Kier alpha value is -2.46. The summed E-state index contributed by atoms with van der Waals surface area (Å²) in [5, 5.41) is 168. The van der Waals surface area contributed by atoms with Crippen molar-refractivity contribution in [2.45, 2.75) is 267 Å². The number of hydrogen-bond donors (Lipinski definition) is 15. The first-order valence-electron chi connectivity index (χ1n) is 30.6. The predicted octanol–water partition coefficient (Wildman–Crippen LogP) is -1.62. The number of carboxylic acids is 1. The lowest BCUT2D eigenvalue weighted by Crippen LogP contribution is -2.74. The smallest absolute Gasteiger partial charge is 0.335 e. The number of esters is 1. The molecule has 0 aromatic heterocycles. The summed E-state index contributed by atoms with van der Waals surface area (Å²) in [5.74, 6) is -3.09. The van der Waals surface area contributed by atoms with E-state index in [0.717, 1.165) is 12.0 Å². The van der Waals surface area contributed by atoms with Gasteiger partial charge < -0.3 is 119 Å². The minimum absolute atomic E-state index is 0.128. The SMILES string of the molecule is CCC/C=C\C(=O)O[C@H]1CC(C)(C)CC2C3=CCC4[C@@]5(C)CC[C@H](O[C@@H]6O[C@H](C(=O)O)[C@@H](O)[C@H](O[C@@H]7O[C@H](CO)[C@H](O)[C@H](O)[C@H]7O[C@@H]7O[C@@H](C)[C@H](O)[C@@H](O)[C@H]7O)[C@H]6O[C@@H]6O[C@H](CO)[C@@H](O)[C@H](O)[C@H]6O)C(C)(C)C5CC[C@@]4(C)[C@]3(C)[C@@H](O)[C@@H](O)[C@]21CO. The summed E-state index contributed by atoms with van der Waals surface area (Å²) in [7, 11) is 0. The van der Waals surface area contributed by atoms with E-state index in [-0.39, 0.29) is 18.3 Å². The van der Waals surface area contributed by atoms with Crippen molar-refractivity contribution in [2.24, 2.45) is 50.2 Å². The molecule has 0 spiro atoms. The van der Waals surface area contributed by atoms with E-state index in [1.54, 1.807) is 6.08 Å². The number of fused-ring (bicyclic) bond motifs is 7. The minimum atomic E-state index is -2.29. The number of ether oxygens (including phenoxy) is 9. The molecule has 3 unspecified atom stereocenters. The fourth-order valence-electron chi connectivity index (χ4n) is 17.5. The van der Waals surface area contributed by atoms with Gasteiger partial charge in [-0.15, -0.1) is 0 Å². The molecule has 4 saturated carbocycles. The summed E-state index contributed by atoms with van der Waals surface area (Å²) in [6, 6.07) is 0. The van der Waals surface area contributed by atoms with E-state index in [9.17, 15) is 86.2 Å². The van der Waals surface area contributed by atoms with Crippen LogP contribution in [0, 0.1) is 50.2 Å². The van der Waals surface area contributed by atoms with Crippen molar-refractivity contribution >= 4 is 11.9 Å². The number of carbonyl (C=O) groups is 2. The molecule has 0 radical (unpaired) electrons. The fraction of sp³-hybridized carbons (Fsp3) is 0.900. The van der Waals surface area contributed by atoms with E-state index in [1.807, 2.05) is 27.7 Å². The van der Waals surface area contributed by atoms with Crippen molar-refractivity contribution in [3.8, 4) is 0 Å². The molecule has 4 saturated heterocycles. The second-order valence-corrected chi connectivity index (χ2v) is 28.2. The van der Waals surface area contributed by atoms with Gasteiger partial charge in [0.15, 0.2) is 31.3 Å². The molecule has 26 nitrogen and oxygen atoms in total. The Morgan fingerprint density at radius 1 is 0.616 bits per heavy atom. The standard InChI is InChI=1S/C60H96O26/c1-10-11-12-13-34(64)81-33-21-55(3,4)20-27-26-14-15-31-57(7)18-17-32(56(5,6)30(57)16-19-58(31,8)59(26,9)48(74)49(75)60(27,33)24-63)82-54-47(86-52-42(72)39(69)36(66)28(22-61)79-52)44(43(73)45(84-54)50(76)77)83-53-46(40(70)37(67)29(23-62)80-53)85-51-41(71)38(68)35(65)25(2)78-51/h12-14,25,27-33,35-49,51-54,61-63,65-75H,10-11,15-24H2,1-9H3,(H,76,77)/b13-12-/t25-,27?,28+,29+,30?,31?,32-,33-,35-,36+,37-,38+,39-,40-,41+,42+,43-,44-,45-,46+,47+,48-,49+,51-,52-,53-,54+,57-,58+,59-,60+/m0/s1. The van der Waals surface area contributed by atoms with E-state index < -0.39 is 217 Å². The molecule has 492 valence electrons. The third-order valence-electron chi connectivity index (χ3n) is 22.6. The number of hydrogen-bond acceptors (Lipinski definition) is 25. The topological polar surface area (TPSA) is 421 Å². The van der Waals surface area contributed by atoms with Crippen molar-refractivity contribution in [3.63, 3.8) is 0 Å². The Kier molecular flexibility index (Phi) is 19.9. The maximum Gasteiger partial charge on any atom is 0.335 e. The van der Waals surface area contributed by atoms with Crippen LogP contribution >= 0.6 is 0 Å². The van der Waals surface area contributed by atoms with E-state index in [4.69, 9.17) is 42.6 Å². The van der Waals surface area contributed by atoms with Gasteiger partial charge in [-0.05, 0) is 97.7 Å². The summed E-state index contributed by atoms with van der Waals surface area (Å²) in [6.07, 6.45) is -32.6. The van der Waals surface area contributed by atoms with E-state index in [0.29, 0.717) is 44.9 Å². The van der Waals surface area contributed by atoms with Gasteiger partial charge in [-0.1, -0.05) is 79.5 Å². The predicted molar refractivity (Wildman–Crippen MR) is 294 cm³/mol. The minimum Gasteiger partial charge on any atom is -0.479 e. The largest absolute Gasteiger partial charge is 0.479 e. The second-order valence-electron chi connectivity index (χ2n) is 28.2. The van der Waals surface area contributed by atoms with E-state index in [2.05, 4.69) is 33.8 Å². The molecule has 0 aromatic carbocycles.